The van der Waals surface area contributed by atoms with Crippen molar-refractivity contribution in [2.24, 2.45) is 5.14 Å². The van der Waals surface area contributed by atoms with E-state index in [2.05, 4.69) is 26.2 Å². The molecule has 8 nitrogen and oxygen atoms in total. The van der Waals surface area contributed by atoms with Crippen LogP contribution in [0.3, 0.4) is 0 Å². The number of nitro groups is 1. The number of hydrogen-bond donors (Lipinski definition) is 2. The van der Waals surface area contributed by atoms with Crippen LogP contribution >= 0.6 is 15.9 Å². The Morgan fingerprint density at radius 3 is 2.52 bits per heavy atom. The first-order chi connectivity index (χ1) is 10.8. The number of halogens is 1. The molecule has 0 radical (unpaired) electrons. The molecule has 0 aliphatic heterocycles. The number of anilines is 1. The van der Waals surface area contributed by atoms with Crippen molar-refractivity contribution in [1.29, 1.82) is 0 Å². The fourth-order valence-electron chi connectivity index (χ4n) is 1.88. The van der Waals surface area contributed by atoms with Gasteiger partial charge in [-0.15, -0.1) is 0 Å². The third-order valence-corrected chi connectivity index (χ3v) is 4.35. The summed E-state index contributed by atoms with van der Waals surface area (Å²) in [6.45, 7) is 0.407. The smallest absolute Gasteiger partial charge is 0.312 e. The van der Waals surface area contributed by atoms with Crippen LogP contribution in [0.25, 0.3) is 0 Å². The molecule has 1 aromatic carbocycles. The summed E-state index contributed by atoms with van der Waals surface area (Å²) in [5, 5.41) is 18.9. The van der Waals surface area contributed by atoms with Crippen molar-refractivity contribution in [1.82, 2.24) is 4.98 Å². The molecule has 1 heterocycles. The first-order valence-corrected chi connectivity index (χ1v) is 8.77. The van der Waals surface area contributed by atoms with Crippen molar-refractivity contribution < 1.29 is 13.3 Å². The minimum Gasteiger partial charge on any atom is -0.364 e. The summed E-state index contributed by atoms with van der Waals surface area (Å²) in [6.07, 6.45) is 2.01. The van der Waals surface area contributed by atoms with Crippen LogP contribution in [0.15, 0.2) is 45.9 Å². The Balaban J connectivity index is 2.02. The van der Waals surface area contributed by atoms with E-state index >= 15 is 0 Å². The van der Waals surface area contributed by atoms with Gasteiger partial charge in [-0.2, -0.15) is 0 Å². The predicted octanol–water partition coefficient (Wildman–Crippen LogP) is 2.05. The van der Waals surface area contributed by atoms with Gasteiger partial charge in [-0.3, -0.25) is 10.1 Å². The van der Waals surface area contributed by atoms with Crippen molar-refractivity contribution in [3.8, 4) is 0 Å². The molecule has 0 amide bonds. The fourth-order valence-corrected chi connectivity index (χ4v) is 2.71. The molecule has 10 heteroatoms. The molecule has 0 bridgehead atoms. The van der Waals surface area contributed by atoms with Crippen LogP contribution in [0, 0.1) is 10.1 Å². The Bertz CT molecular complexity index is 824. The number of pyridine rings is 1. The number of primary sulfonamides is 1. The molecule has 0 aliphatic carbocycles. The van der Waals surface area contributed by atoms with Crippen molar-refractivity contribution in [2.75, 3.05) is 11.9 Å². The summed E-state index contributed by atoms with van der Waals surface area (Å²) in [5.41, 5.74) is 0.744. The number of sulfonamides is 1. The van der Waals surface area contributed by atoms with Crippen LogP contribution in [0.5, 0.6) is 0 Å². The molecule has 0 unspecified atom stereocenters. The van der Waals surface area contributed by atoms with Crippen LogP contribution < -0.4 is 10.5 Å². The summed E-state index contributed by atoms with van der Waals surface area (Å²) >= 11 is 3.14. The van der Waals surface area contributed by atoms with E-state index in [1.165, 1.54) is 24.4 Å². The zero-order valence-corrected chi connectivity index (χ0v) is 14.2. The molecule has 0 saturated carbocycles. The topological polar surface area (TPSA) is 128 Å². The van der Waals surface area contributed by atoms with Gasteiger partial charge < -0.3 is 5.32 Å². The van der Waals surface area contributed by atoms with Gasteiger partial charge in [0.25, 0.3) is 0 Å². The van der Waals surface area contributed by atoms with Crippen molar-refractivity contribution in [3.05, 3.63) is 56.7 Å². The zero-order valence-electron chi connectivity index (χ0n) is 11.8. The minimum absolute atomic E-state index is 0.0411. The lowest BCUT2D eigenvalue weighted by Gasteiger charge is -2.07. The van der Waals surface area contributed by atoms with Crippen LogP contribution in [0.4, 0.5) is 11.5 Å². The average molecular weight is 401 g/mol. The molecule has 3 N–H and O–H groups in total. The summed E-state index contributed by atoms with van der Waals surface area (Å²) in [5.74, 6) is 0.180. The molecule has 2 rings (SSSR count). The van der Waals surface area contributed by atoms with E-state index in [-0.39, 0.29) is 16.4 Å². The summed E-state index contributed by atoms with van der Waals surface area (Å²) in [4.78, 5) is 14.5. The molecular formula is C13H13BrN4O4S. The summed E-state index contributed by atoms with van der Waals surface area (Å²) in [7, 11) is -3.71. The second kappa shape index (κ2) is 7.02. The van der Waals surface area contributed by atoms with Gasteiger partial charge in [-0.1, -0.05) is 12.1 Å². The average Bonchev–Trinajstić information content (AvgIpc) is 2.48. The van der Waals surface area contributed by atoms with Gasteiger partial charge in [-0.05, 0) is 40.0 Å². The van der Waals surface area contributed by atoms with Crippen LogP contribution in [-0.4, -0.2) is 24.9 Å². The highest BCUT2D eigenvalue weighted by Crippen LogP contribution is 2.25. The number of rotatable bonds is 6. The van der Waals surface area contributed by atoms with Crippen LogP contribution in [0.2, 0.25) is 0 Å². The number of hydrogen-bond acceptors (Lipinski definition) is 6. The lowest BCUT2D eigenvalue weighted by atomic mass is 10.1. The highest BCUT2D eigenvalue weighted by Gasteiger charge is 2.15. The largest absolute Gasteiger partial charge is 0.364 e. The maximum Gasteiger partial charge on any atom is 0.312 e. The molecule has 1 aromatic heterocycles. The van der Waals surface area contributed by atoms with Gasteiger partial charge in [0.2, 0.25) is 15.8 Å². The first-order valence-electron chi connectivity index (χ1n) is 6.43. The quantitative estimate of drug-likeness (QED) is 0.563. The Morgan fingerprint density at radius 1 is 1.30 bits per heavy atom. The Kier molecular flexibility index (Phi) is 5.29. The van der Waals surface area contributed by atoms with Crippen LogP contribution in [0.1, 0.15) is 5.56 Å². The van der Waals surface area contributed by atoms with E-state index in [0.29, 0.717) is 17.4 Å². The van der Waals surface area contributed by atoms with Crippen molar-refractivity contribution >= 4 is 37.5 Å². The molecule has 0 saturated heterocycles. The second-order valence-corrected chi connectivity index (χ2v) is 7.12. The lowest BCUT2D eigenvalue weighted by Crippen LogP contribution is -2.12. The zero-order chi connectivity index (χ0) is 17.0. The van der Waals surface area contributed by atoms with Gasteiger partial charge in [0, 0.05) is 23.3 Å². The molecule has 0 fully saturated rings. The van der Waals surface area contributed by atoms with E-state index in [1.54, 1.807) is 12.1 Å². The molecule has 0 spiro atoms. The number of aromatic nitrogens is 1. The van der Waals surface area contributed by atoms with E-state index in [0.717, 1.165) is 5.56 Å². The van der Waals surface area contributed by atoms with Crippen LogP contribution in [-0.2, 0) is 16.4 Å². The second-order valence-electron chi connectivity index (χ2n) is 4.64. The molecule has 0 aliphatic rings. The molecule has 2 aromatic rings. The van der Waals surface area contributed by atoms with E-state index < -0.39 is 14.9 Å². The Hall–Kier alpha value is -2.04. The van der Waals surface area contributed by atoms with E-state index in [4.69, 9.17) is 5.14 Å². The minimum atomic E-state index is -3.71. The number of nitrogens with one attached hydrogen (secondary N) is 1. The maximum atomic E-state index is 11.2. The molecule has 23 heavy (non-hydrogen) atoms. The van der Waals surface area contributed by atoms with Crippen molar-refractivity contribution in [2.45, 2.75) is 11.3 Å². The lowest BCUT2D eigenvalue weighted by molar-refractivity contribution is -0.384. The Labute approximate surface area is 141 Å². The third kappa shape index (κ3) is 4.71. The van der Waals surface area contributed by atoms with Gasteiger partial charge in [0.15, 0.2) is 0 Å². The standard InChI is InChI=1S/C13H13BrN4O4S/c14-10-7-12(18(19)20)13(17-8-10)16-6-5-9-1-3-11(4-2-9)23(15,21)22/h1-4,7-8H,5-6H2,(H,16,17)(H2,15,21,22). The number of nitrogens with zero attached hydrogens (tertiary/aromatic N) is 2. The predicted molar refractivity (Wildman–Crippen MR) is 88.6 cm³/mol. The van der Waals surface area contributed by atoms with E-state index in [9.17, 15) is 18.5 Å². The highest BCUT2D eigenvalue weighted by molar-refractivity contribution is 9.10. The van der Waals surface area contributed by atoms with Crippen molar-refractivity contribution in [3.63, 3.8) is 0 Å². The number of benzene rings is 1. The summed E-state index contributed by atoms with van der Waals surface area (Å²) in [6, 6.07) is 7.50. The molecule has 122 valence electrons. The van der Waals surface area contributed by atoms with E-state index in [1.807, 2.05) is 0 Å². The van der Waals surface area contributed by atoms with Gasteiger partial charge >= 0.3 is 5.69 Å². The maximum absolute atomic E-state index is 11.2. The highest BCUT2D eigenvalue weighted by atomic mass is 79.9. The Morgan fingerprint density at radius 2 is 1.96 bits per heavy atom. The molecule has 0 atom stereocenters. The van der Waals surface area contributed by atoms with Gasteiger partial charge in [0.05, 0.1) is 9.82 Å². The number of nitrogens with two attached hydrogens (primary N) is 1. The van der Waals surface area contributed by atoms with Gasteiger partial charge in [-0.25, -0.2) is 18.5 Å². The summed E-state index contributed by atoms with van der Waals surface area (Å²) < 4.78 is 22.8. The molecular weight excluding hydrogens is 388 g/mol. The van der Waals surface area contributed by atoms with Gasteiger partial charge in [0.1, 0.15) is 0 Å². The SMILES string of the molecule is NS(=O)(=O)c1ccc(CCNc2ncc(Br)cc2[N+](=O)[O-])cc1. The monoisotopic (exact) mass is 400 g/mol. The normalized spacial score (nSPS) is 11.2. The first kappa shape index (κ1) is 17.3. The third-order valence-electron chi connectivity index (χ3n) is 2.99. The fraction of sp³-hybridized carbons (Fsp3) is 0.154.